The van der Waals surface area contributed by atoms with Crippen LogP contribution in [0.4, 0.5) is 21.8 Å². The first-order valence-corrected chi connectivity index (χ1v) is 10.0. The fourth-order valence-corrected chi connectivity index (χ4v) is 3.53. The first-order valence-electron chi connectivity index (χ1n) is 10.0. The second-order valence-corrected chi connectivity index (χ2v) is 7.66. The van der Waals surface area contributed by atoms with E-state index in [0.29, 0.717) is 31.1 Å². The molecule has 1 aliphatic heterocycles. The summed E-state index contributed by atoms with van der Waals surface area (Å²) in [7, 11) is 5.72. The molecular formula is C21H29FN6O2. The number of nitrogens with zero attached hydrogens (tertiary/aromatic N) is 4. The van der Waals surface area contributed by atoms with E-state index >= 15 is 0 Å². The van der Waals surface area contributed by atoms with Crippen LogP contribution >= 0.6 is 0 Å². The third-order valence-corrected chi connectivity index (χ3v) is 5.11. The summed E-state index contributed by atoms with van der Waals surface area (Å²) in [6.07, 6.45) is 2.23. The van der Waals surface area contributed by atoms with Crippen molar-refractivity contribution in [3.05, 3.63) is 41.3 Å². The van der Waals surface area contributed by atoms with E-state index in [1.54, 1.807) is 19.2 Å². The molecule has 0 saturated heterocycles. The third-order valence-electron chi connectivity index (χ3n) is 5.11. The van der Waals surface area contributed by atoms with Crippen LogP contribution in [0.1, 0.15) is 28.9 Å². The molecule has 1 atom stereocenters. The molecule has 1 amide bonds. The Morgan fingerprint density at radius 1 is 1.33 bits per heavy atom. The van der Waals surface area contributed by atoms with E-state index < -0.39 is 5.82 Å². The largest absolute Gasteiger partial charge is 0.385 e. The van der Waals surface area contributed by atoms with Gasteiger partial charge in [-0.05, 0) is 58.1 Å². The number of hydrogen-bond acceptors (Lipinski definition) is 7. The van der Waals surface area contributed by atoms with Crippen LogP contribution in [0.3, 0.4) is 0 Å². The number of anilines is 3. The predicted octanol–water partition coefficient (Wildman–Crippen LogP) is 2.17. The highest BCUT2D eigenvalue weighted by Crippen LogP contribution is 2.29. The number of carbonyl (C=O) groups excluding carboxylic acids is 1. The average Bonchev–Trinajstić information content (AvgIpc) is 2.70. The highest BCUT2D eigenvalue weighted by Gasteiger charge is 2.30. The molecule has 0 bridgehead atoms. The van der Waals surface area contributed by atoms with Crippen molar-refractivity contribution in [3.8, 4) is 0 Å². The van der Waals surface area contributed by atoms with Gasteiger partial charge in [-0.1, -0.05) is 6.07 Å². The molecule has 162 valence electrons. The standard InChI is InChI=1S/C21H29FN6O2/c1-27(2)10-7-15(9-12-30-3)24-19-17-8-11-28(16-6-4-5-14(22)13-16)20(29)18(17)25-21(23)26-19/h4-6,13,15H,7-12H2,1-3H3,(H3,23,24,25,26). The number of methoxy groups -OCH3 is 1. The van der Waals surface area contributed by atoms with Crippen LogP contribution in [-0.4, -0.2) is 67.7 Å². The van der Waals surface area contributed by atoms with Crippen LogP contribution in [-0.2, 0) is 11.2 Å². The highest BCUT2D eigenvalue weighted by molar-refractivity contribution is 6.07. The molecule has 1 unspecified atom stereocenters. The molecule has 1 aromatic carbocycles. The van der Waals surface area contributed by atoms with E-state index in [4.69, 9.17) is 10.5 Å². The van der Waals surface area contributed by atoms with Crippen LogP contribution in [0.15, 0.2) is 24.3 Å². The van der Waals surface area contributed by atoms with Crippen LogP contribution in [0.25, 0.3) is 0 Å². The lowest BCUT2D eigenvalue weighted by molar-refractivity contribution is 0.0975. The lowest BCUT2D eigenvalue weighted by Gasteiger charge is -2.30. The molecule has 3 rings (SSSR count). The molecule has 0 aliphatic carbocycles. The Morgan fingerprint density at radius 2 is 2.13 bits per heavy atom. The van der Waals surface area contributed by atoms with Crippen LogP contribution < -0.4 is 16.0 Å². The number of amides is 1. The molecule has 3 N–H and O–H groups in total. The van der Waals surface area contributed by atoms with Crippen LogP contribution in [0.2, 0.25) is 0 Å². The van der Waals surface area contributed by atoms with E-state index in [-0.39, 0.29) is 23.6 Å². The maximum Gasteiger partial charge on any atom is 0.277 e. The monoisotopic (exact) mass is 416 g/mol. The number of benzene rings is 1. The summed E-state index contributed by atoms with van der Waals surface area (Å²) >= 11 is 0. The van der Waals surface area contributed by atoms with E-state index in [1.165, 1.54) is 17.0 Å². The maximum atomic E-state index is 13.6. The van der Waals surface area contributed by atoms with Crippen molar-refractivity contribution in [1.29, 1.82) is 0 Å². The second kappa shape index (κ2) is 9.82. The molecule has 8 nitrogen and oxygen atoms in total. The number of nitrogens with two attached hydrogens (primary N) is 1. The topological polar surface area (TPSA) is 96.6 Å². The lowest BCUT2D eigenvalue weighted by atomic mass is 10.0. The Morgan fingerprint density at radius 3 is 2.83 bits per heavy atom. The summed E-state index contributed by atoms with van der Waals surface area (Å²) in [5.74, 6) is -0.0772. The van der Waals surface area contributed by atoms with E-state index in [0.717, 1.165) is 24.9 Å². The molecule has 2 aromatic rings. The number of halogens is 1. The summed E-state index contributed by atoms with van der Waals surface area (Å²) in [4.78, 5) is 25.3. The van der Waals surface area contributed by atoms with Gasteiger partial charge in [0.05, 0.1) is 0 Å². The van der Waals surface area contributed by atoms with Gasteiger partial charge in [-0.2, -0.15) is 4.98 Å². The minimum Gasteiger partial charge on any atom is -0.385 e. The van der Waals surface area contributed by atoms with Crippen molar-refractivity contribution < 1.29 is 13.9 Å². The Labute approximate surface area is 176 Å². The van der Waals surface area contributed by atoms with Gasteiger partial charge in [0.25, 0.3) is 5.91 Å². The first kappa shape index (κ1) is 21.9. The van der Waals surface area contributed by atoms with Gasteiger partial charge in [0, 0.05) is 37.6 Å². The summed E-state index contributed by atoms with van der Waals surface area (Å²) in [5, 5.41) is 3.45. The first-order chi connectivity index (χ1) is 14.4. The van der Waals surface area contributed by atoms with Gasteiger partial charge in [-0.15, -0.1) is 0 Å². The predicted molar refractivity (Wildman–Crippen MR) is 115 cm³/mol. The third kappa shape index (κ3) is 5.22. The van der Waals surface area contributed by atoms with Crippen molar-refractivity contribution in [3.63, 3.8) is 0 Å². The second-order valence-electron chi connectivity index (χ2n) is 7.66. The average molecular weight is 417 g/mol. The van der Waals surface area contributed by atoms with Gasteiger partial charge < -0.3 is 25.6 Å². The van der Waals surface area contributed by atoms with Gasteiger partial charge in [-0.3, -0.25) is 4.79 Å². The quantitative estimate of drug-likeness (QED) is 0.647. The number of hydrogen-bond donors (Lipinski definition) is 2. The Kier molecular flexibility index (Phi) is 7.17. The number of fused-ring (bicyclic) bond motifs is 1. The molecule has 0 radical (unpaired) electrons. The number of nitrogens with one attached hydrogen (secondary N) is 1. The summed E-state index contributed by atoms with van der Waals surface area (Å²) < 4.78 is 18.9. The molecule has 9 heteroatoms. The fraction of sp³-hybridized carbons (Fsp3) is 0.476. The van der Waals surface area contributed by atoms with Crippen molar-refractivity contribution in [2.24, 2.45) is 0 Å². The minimum absolute atomic E-state index is 0.0313. The van der Waals surface area contributed by atoms with Gasteiger partial charge >= 0.3 is 0 Å². The maximum absolute atomic E-state index is 13.6. The molecule has 0 spiro atoms. The molecule has 0 fully saturated rings. The molecule has 1 aromatic heterocycles. The van der Waals surface area contributed by atoms with Gasteiger partial charge in [0.1, 0.15) is 17.3 Å². The normalized spacial score (nSPS) is 14.7. The molecule has 2 heterocycles. The highest BCUT2D eigenvalue weighted by atomic mass is 19.1. The van der Waals surface area contributed by atoms with Gasteiger partial charge in [-0.25, -0.2) is 9.37 Å². The lowest BCUT2D eigenvalue weighted by Crippen LogP contribution is -2.39. The van der Waals surface area contributed by atoms with Gasteiger partial charge in [0.15, 0.2) is 0 Å². The SMILES string of the molecule is COCCC(CCN(C)C)Nc1nc(N)nc2c1CCN(c1cccc(F)c1)C2=O. The Balaban J connectivity index is 1.87. The number of carbonyl (C=O) groups is 1. The molecule has 30 heavy (non-hydrogen) atoms. The summed E-state index contributed by atoms with van der Waals surface area (Å²) in [6, 6.07) is 6.09. The van der Waals surface area contributed by atoms with Crippen LogP contribution in [0.5, 0.6) is 0 Å². The van der Waals surface area contributed by atoms with E-state index in [9.17, 15) is 9.18 Å². The van der Waals surface area contributed by atoms with Crippen molar-refractivity contribution >= 4 is 23.4 Å². The van der Waals surface area contributed by atoms with E-state index in [2.05, 4.69) is 20.2 Å². The number of aromatic nitrogens is 2. The van der Waals surface area contributed by atoms with Gasteiger partial charge in [0.2, 0.25) is 5.95 Å². The number of ether oxygens (including phenoxy) is 1. The molecular weight excluding hydrogens is 387 g/mol. The minimum atomic E-state index is -0.391. The van der Waals surface area contributed by atoms with Crippen molar-refractivity contribution in [2.75, 3.05) is 56.9 Å². The van der Waals surface area contributed by atoms with Crippen molar-refractivity contribution in [2.45, 2.75) is 25.3 Å². The van der Waals surface area contributed by atoms with Crippen molar-refractivity contribution in [1.82, 2.24) is 14.9 Å². The van der Waals surface area contributed by atoms with Crippen LogP contribution in [0, 0.1) is 5.82 Å². The van der Waals surface area contributed by atoms with E-state index in [1.807, 2.05) is 14.1 Å². The number of rotatable bonds is 9. The fourth-order valence-electron chi connectivity index (χ4n) is 3.53. The zero-order valence-electron chi connectivity index (χ0n) is 17.7. The summed E-state index contributed by atoms with van der Waals surface area (Å²) in [5.41, 5.74) is 7.43. The Hall–Kier alpha value is -2.78. The Bertz CT molecular complexity index is 892. The molecule has 0 saturated carbocycles. The smallest absolute Gasteiger partial charge is 0.277 e. The zero-order chi connectivity index (χ0) is 21.7. The number of nitrogen functional groups attached to an aromatic ring is 1. The molecule has 1 aliphatic rings. The summed E-state index contributed by atoms with van der Waals surface area (Å²) in [6.45, 7) is 1.92. The zero-order valence-corrected chi connectivity index (χ0v) is 17.7.